The molecule has 0 saturated carbocycles. The topological polar surface area (TPSA) is 71.0 Å². The SMILES string of the molecule is CNC(=O)CN(Sc1cc(O)c(OC)cc1OC)c1ccc(C)cc1Cc1ccccc1Cl. The average molecular weight is 487 g/mol. The van der Waals surface area contributed by atoms with E-state index in [1.165, 1.54) is 19.1 Å². The fourth-order valence-electron chi connectivity index (χ4n) is 3.37. The number of carbonyl (C=O) groups excluding carboxylic acids is 1. The molecule has 0 radical (unpaired) electrons. The van der Waals surface area contributed by atoms with E-state index in [0.717, 1.165) is 22.4 Å². The number of hydrogen-bond donors (Lipinski definition) is 2. The number of aryl methyl sites for hydroxylation is 1. The third-order valence-corrected chi connectivity index (χ3v) is 6.51. The van der Waals surface area contributed by atoms with E-state index in [0.29, 0.717) is 27.8 Å². The Kier molecular flexibility index (Phi) is 8.36. The van der Waals surface area contributed by atoms with Gasteiger partial charge in [0.05, 0.1) is 24.8 Å². The third kappa shape index (κ3) is 6.06. The number of likely N-dealkylation sites (N-methyl/N-ethyl adjacent to an activating group) is 1. The van der Waals surface area contributed by atoms with Crippen LogP contribution in [-0.2, 0) is 11.2 Å². The van der Waals surface area contributed by atoms with Crippen LogP contribution in [0, 0.1) is 6.92 Å². The zero-order valence-corrected chi connectivity index (χ0v) is 20.6. The van der Waals surface area contributed by atoms with Crippen molar-refractivity contribution in [2.24, 2.45) is 0 Å². The number of halogens is 1. The summed E-state index contributed by atoms with van der Waals surface area (Å²) in [5.74, 6) is 0.671. The van der Waals surface area contributed by atoms with Gasteiger partial charge in [-0.25, -0.2) is 0 Å². The lowest BCUT2D eigenvalue weighted by molar-refractivity contribution is -0.119. The molecular formula is C25H27ClN2O4S. The second kappa shape index (κ2) is 11.2. The summed E-state index contributed by atoms with van der Waals surface area (Å²) < 4.78 is 12.6. The highest BCUT2D eigenvalue weighted by molar-refractivity contribution is 8.00. The number of nitrogens with zero attached hydrogens (tertiary/aromatic N) is 1. The van der Waals surface area contributed by atoms with Gasteiger partial charge in [-0.15, -0.1) is 0 Å². The lowest BCUT2D eigenvalue weighted by atomic mass is 10.0. The van der Waals surface area contributed by atoms with E-state index in [2.05, 4.69) is 11.4 Å². The number of aromatic hydroxyl groups is 1. The van der Waals surface area contributed by atoms with Crippen molar-refractivity contribution in [3.63, 3.8) is 0 Å². The van der Waals surface area contributed by atoms with Crippen molar-refractivity contribution in [1.82, 2.24) is 5.32 Å². The van der Waals surface area contributed by atoms with Crippen molar-refractivity contribution in [2.75, 3.05) is 32.1 Å². The van der Waals surface area contributed by atoms with Crippen molar-refractivity contribution in [3.8, 4) is 17.2 Å². The number of carbonyl (C=O) groups is 1. The summed E-state index contributed by atoms with van der Waals surface area (Å²) in [5, 5.41) is 13.7. The first kappa shape index (κ1) is 24.6. The van der Waals surface area contributed by atoms with Gasteiger partial charge in [-0.05, 0) is 42.1 Å². The molecule has 0 unspecified atom stereocenters. The number of ether oxygens (including phenoxy) is 2. The van der Waals surface area contributed by atoms with Crippen LogP contribution in [0.3, 0.4) is 0 Å². The molecule has 8 heteroatoms. The summed E-state index contributed by atoms with van der Waals surface area (Å²) in [5.41, 5.74) is 3.99. The Bertz CT molecular complexity index is 1140. The van der Waals surface area contributed by atoms with E-state index < -0.39 is 0 Å². The molecule has 6 nitrogen and oxygen atoms in total. The number of benzene rings is 3. The molecule has 3 aromatic rings. The molecule has 0 saturated heterocycles. The molecular weight excluding hydrogens is 460 g/mol. The van der Waals surface area contributed by atoms with Crippen LogP contribution >= 0.6 is 23.5 Å². The summed E-state index contributed by atoms with van der Waals surface area (Å²) in [4.78, 5) is 13.1. The Hall–Kier alpha value is -3.03. The predicted molar refractivity (Wildman–Crippen MR) is 134 cm³/mol. The van der Waals surface area contributed by atoms with E-state index in [1.54, 1.807) is 26.3 Å². The standard InChI is InChI=1S/C25H27ClN2O4S/c1-16-9-10-20(18(11-16)12-17-7-5-6-8-19(17)26)28(15-25(30)27-2)33-24-13-21(29)22(31-3)14-23(24)32-4/h5-11,13-14,29H,12,15H2,1-4H3,(H,27,30). The zero-order valence-electron chi connectivity index (χ0n) is 19.0. The molecule has 33 heavy (non-hydrogen) atoms. The smallest absolute Gasteiger partial charge is 0.240 e. The highest BCUT2D eigenvalue weighted by Gasteiger charge is 2.21. The second-order valence-electron chi connectivity index (χ2n) is 7.38. The molecule has 0 aromatic heterocycles. The van der Waals surface area contributed by atoms with Gasteiger partial charge in [0.1, 0.15) is 12.3 Å². The molecule has 0 heterocycles. The molecule has 0 aliphatic rings. The van der Waals surface area contributed by atoms with Crippen LogP contribution in [0.2, 0.25) is 5.02 Å². The Morgan fingerprint density at radius 1 is 1.06 bits per heavy atom. The van der Waals surface area contributed by atoms with Gasteiger partial charge in [0, 0.05) is 30.6 Å². The molecule has 0 atom stereocenters. The largest absolute Gasteiger partial charge is 0.504 e. The van der Waals surface area contributed by atoms with E-state index in [1.807, 2.05) is 47.6 Å². The fourth-order valence-corrected chi connectivity index (χ4v) is 4.66. The Labute approximate surface area is 203 Å². The minimum atomic E-state index is -0.150. The van der Waals surface area contributed by atoms with Gasteiger partial charge >= 0.3 is 0 Å². The summed E-state index contributed by atoms with van der Waals surface area (Å²) in [6, 6.07) is 17.0. The number of amides is 1. The maximum atomic E-state index is 12.4. The Morgan fingerprint density at radius 2 is 1.79 bits per heavy atom. The van der Waals surface area contributed by atoms with Crippen molar-refractivity contribution in [3.05, 3.63) is 76.3 Å². The van der Waals surface area contributed by atoms with Crippen molar-refractivity contribution in [1.29, 1.82) is 0 Å². The average Bonchev–Trinajstić information content (AvgIpc) is 2.80. The van der Waals surface area contributed by atoms with E-state index in [9.17, 15) is 9.90 Å². The molecule has 174 valence electrons. The van der Waals surface area contributed by atoms with E-state index >= 15 is 0 Å². The Balaban J connectivity index is 2.06. The molecule has 3 aromatic carbocycles. The number of methoxy groups -OCH3 is 2. The van der Waals surface area contributed by atoms with Crippen LogP contribution in [0.4, 0.5) is 5.69 Å². The van der Waals surface area contributed by atoms with Gasteiger partial charge in [-0.1, -0.05) is 47.5 Å². The maximum absolute atomic E-state index is 12.4. The van der Waals surface area contributed by atoms with Gasteiger partial charge in [0.15, 0.2) is 11.5 Å². The minimum Gasteiger partial charge on any atom is -0.504 e. The van der Waals surface area contributed by atoms with Crippen LogP contribution in [0.15, 0.2) is 59.5 Å². The lowest BCUT2D eigenvalue weighted by Gasteiger charge is -2.26. The van der Waals surface area contributed by atoms with Gasteiger partial charge in [-0.2, -0.15) is 0 Å². The first-order valence-corrected chi connectivity index (χ1v) is 11.5. The van der Waals surface area contributed by atoms with Crippen LogP contribution in [0.1, 0.15) is 16.7 Å². The Morgan fingerprint density at radius 3 is 2.45 bits per heavy atom. The number of hydrogen-bond acceptors (Lipinski definition) is 6. The predicted octanol–water partition coefficient (Wildman–Crippen LogP) is 5.22. The van der Waals surface area contributed by atoms with Crippen LogP contribution in [0.5, 0.6) is 17.2 Å². The summed E-state index contributed by atoms with van der Waals surface area (Å²) in [6.45, 7) is 2.12. The molecule has 0 fully saturated rings. The minimum absolute atomic E-state index is 0.0131. The van der Waals surface area contributed by atoms with Crippen molar-refractivity contribution < 1.29 is 19.4 Å². The number of rotatable bonds is 9. The van der Waals surface area contributed by atoms with E-state index in [-0.39, 0.29) is 18.2 Å². The summed E-state index contributed by atoms with van der Waals surface area (Å²) in [6.07, 6.45) is 0.604. The fraction of sp³-hybridized carbons (Fsp3) is 0.240. The maximum Gasteiger partial charge on any atom is 0.240 e. The van der Waals surface area contributed by atoms with Gasteiger partial charge < -0.3 is 24.2 Å². The lowest BCUT2D eigenvalue weighted by Crippen LogP contribution is -2.32. The highest BCUT2D eigenvalue weighted by atomic mass is 35.5. The molecule has 2 N–H and O–H groups in total. The number of phenolic OH excluding ortho intramolecular Hbond substituents is 1. The number of phenols is 1. The number of nitrogens with one attached hydrogen (secondary N) is 1. The van der Waals surface area contributed by atoms with Gasteiger partial charge in [-0.3, -0.25) is 4.79 Å². The summed E-state index contributed by atoms with van der Waals surface area (Å²) >= 11 is 7.73. The third-order valence-electron chi connectivity index (χ3n) is 5.08. The molecule has 3 rings (SSSR count). The molecule has 1 amide bonds. The van der Waals surface area contributed by atoms with Crippen molar-refractivity contribution >= 4 is 35.1 Å². The van der Waals surface area contributed by atoms with Crippen LogP contribution in [-0.4, -0.2) is 38.8 Å². The van der Waals surface area contributed by atoms with Gasteiger partial charge in [0.2, 0.25) is 5.91 Å². The molecule has 0 spiro atoms. The molecule has 0 bridgehead atoms. The first-order chi connectivity index (χ1) is 15.9. The van der Waals surface area contributed by atoms with Crippen molar-refractivity contribution in [2.45, 2.75) is 18.2 Å². The normalized spacial score (nSPS) is 10.6. The monoisotopic (exact) mass is 486 g/mol. The molecule has 0 aliphatic carbocycles. The van der Waals surface area contributed by atoms with E-state index in [4.69, 9.17) is 21.1 Å². The van der Waals surface area contributed by atoms with Crippen LogP contribution in [0.25, 0.3) is 0 Å². The molecule has 0 aliphatic heterocycles. The van der Waals surface area contributed by atoms with Crippen LogP contribution < -0.4 is 19.1 Å². The summed E-state index contributed by atoms with van der Waals surface area (Å²) in [7, 11) is 4.63. The first-order valence-electron chi connectivity index (χ1n) is 10.3. The quantitative estimate of drug-likeness (QED) is 0.404. The number of anilines is 1. The zero-order chi connectivity index (χ0) is 24.0. The highest BCUT2D eigenvalue weighted by Crippen LogP contribution is 2.42. The second-order valence-corrected chi connectivity index (χ2v) is 8.85. The van der Waals surface area contributed by atoms with Gasteiger partial charge in [0.25, 0.3) is 0 Å².